The van der Waals surface area contributed by atoms with Crippen LogP contribution in [0.25, 0.3) is 6.08 Å². The maximum absolute atomic E-state index is 14.4. The summed E-state index contributed by atoms with van der Waals surface area (Å²) < 4.78 is 26.8. The molecule has 1 aliphatic heterocycles. The normalized spacial score (nSPS) is 15.8. The van der Waals surface area contributed by atoms with Crippen molar-refractivity contribution in [3.8, 4) is 5.75 Å². The van der Waals surface area contributed by atoms with Crippen molar-refractivity contribution in [3.05, 3.63) is 95.4 Å². The zero-order valence-electron chi connectivity index (χ0n) is 18.1. The summed E-state index contributed by atoms with van der Waals surface area (Å²) in [5, 5.41) is 0.186. The fourth-order valence-electron chi connectivity index (χ4n) is 3.76. The van der Waals surface area contributed by atoms with E-state index in [4.69, 9.17) is 21.1 Å². The van der Waals surface area contributed by atoms with Gasteiger partial charge in [-0.15, -0.1) is 0 Å². The Hall–Kier alpha value is -3.23. The third kappa shape index (κ3) is 4.12. The highest BCUT2D eigenvalue weighted by atomic mass is 35.5. The molecule has 0 saturated heterocycles. The molecule has 1 aromatic heterocycles. The van der Waals surface area contributed by atoms with Crippen molar-refractivity contribution in [1.29, 1.82) is 0 Å². The summed E-state index contributed by atoms with van der Waals surface area (Å²) >= 11 is 7.25. The number of halogens is 2. The Morgan fingerprint density at radius 1 is 1.27 bits per heavy atom. The van der Waals surface area contributed by atoms with Gasteiger partial charge in [0.25, 0.3) is 5.56 Å². The number of thiazole rings is 1. The minimum Gasteiger partial charge on any atom is -0.496 e. The van der Waals surface area contributed by atoms with Crippen LogP contribution in [0.4, 0.5) is 4.39 Å². The number of benzene rings is 2. The lowest BCUT2D eigenvalue weighted by Crippen LogP contribution is -2.40. The Morgan fingerprint density at radius 2 is 2.03 bits per heavy atom. The summed E-state index contributed by atoms with van der Waals surface area (Å²) in [5.74, 6) is -0.607. The molecule has 6 nitrogen and oxygen atoms in total. The van der Waals surface area contributed by atoms with Gasteiger partial charge in [0.15, 0.2) is 4.80 Å². The second-order valence-corrected chi connectivity index (χ2v) is 8.60. The quantitative estimate of drug-likeness (QED) is 0.517. The van der Waals surface area contributed by atoms with Crippen LogP contribution in [0.5, 0.6) is 5.75 Å². The van der Waals surface area contributed by atoms with Gasteiger partial charge in [0.05, 0.1) is 34.5 Å². The largest absolute Gasteiger partial charge is 0.496 e. The smallest absolute Gasteiger partial charge is 0.338 e. The molecule has 0 radical (unpaired) electrons. The van der Waals surface area contributed by atoms with E-state index in [0.29, 0.717) is 21.8 Å². The fraction of sp³-hybridized carbons (Fsp3) is 0.208. The molecule has 1 aliphatic rings. The highest BCUT2D eigenvalue weighted by molar-refractivity contribution is 7.07. The first kappa shape index (κ1) is 22.9. The first-order valence-corrected chi connectivity index (χ1v) is 11.3. The Kier molecular flexibility index (Phi) is 6.49. The monoisotopic (exact) mass is 486 g/mol. The maximum atomic E-state index is 14.4. The van der Waals surface area contributed by atoms with E-state index in [0.717, 1.165) is 11.3 Å². The highest BCUT2D eigenvalue weighted by Gasteiger charge is 2.34. The molecule has 4 rings (SSSR count). The molecular weight excluding hydrogens is 467 g/mol. The number of methoxy groups -OCH3 is 1. The lowest BCUT2D eigenvalue weighted by molar-refractivity contribution is -0.139. The molecule has 2 aromatic carbocycles. The third-order valence-electron chi connectivity index (χ3n) is 5.23. The van der Waals surface area contributed by atoms with Gasteiger partial charge in [-0.2, -0.15) is 0 Å². The van der Waals surface area contributed by atoms with Gasteiger partial charge in [0.2, 0.25) is 0 Å². The minimum atomic E-state index is -0.824. The molecule has 0 N–H and O–H groups in total. The van der Waals surface area contributed by atoms with Crippen molar-refractivity contribution in [1.82, 2.24) is 4.57 Å². The maximum Gasteiger partial charge on any atom is 0.338 e. The number of fused-ring (bicyclic) bond motifs is 1. The zero-order chi connectivity index (χ0) is 23.7. The Labute approximate surface area is 197 Å². The lowest BCUT2D eigenvalue weighted by Gasteiger charge is -2.25. The van der Waals surface area contributed by atoms with Gasteiger partial charge in [-0.1, -0.05) is 47.2 Å². The molecule has 33 heavy (non-hydrogen) atoms. The molecule has 1 atom stereocenters. The molecule has 170 valence electrons. The predicted molar refractivity (Wildman–Crippen MR) is 125 cm³/mol. The zero-order valence-corrected chi connectivity index (χ0v) is 19.7. The number of allylic oxidation sites excluding steroid dienone is 1. The van der Waals surface area contributed by atoms with Gasteiger partial charge in [0, 0.05) is 11.1 Å². The molecule has 0 fully saturated rings. The summed E-state index contributed by atoms with van der Waals surface area (Å²) in [6.45, 7) is 3.57. The van der Waals surface area contributed by atoms with Gasteiger partial charge >= 0.3 is 5.97 Å². The molecule has 0 bridgehead atoms. The summed E-state index contributed by atoms with van der Waals surface area (Å²) in [6.07, 6.45) is 1.41. The summed E-state index contributed by atoms with van der Waals surface area (Å²) in [4.78, 5) is 31.4. The molecule has 0 aliphatic carbocycles. The van der Waals surface area contributed by atoms with E-state index in [9.17, 15) is 14.0 Å². The van der Waals surface area contributed by atoms with E-state index >= 15 is 0 Å². The molecule has 0 spiro atoms. The number of hydrogen-bond acceptors (Lipinski definition) is 6. The second-order valence-electron chi connectivity index (χ2n) is 7.18. The number of ether oxygens (including phenoxy) is 2. The van der Waals surface area contributed by atoms with Crippen LogP contribution in [-0.2, 0) is 9.53 Å². The number of nitrogens with zero attached hydrogens (tertiary/aromatic N) is 2. The summed E-state index contributed by atoms with van der Waals surface area (Å²) in [5.41, 5.74) is 0.960. The average Bonchev–Trinajstić information content (AvgIpc) is 3.10. The number of esters is 1. The van der Waals surface area contributed by atoms with Gasteiger partial charge in [0.1, 0.15) is 17.6 Å². The molecular formula is C24H20ClFN2O4S. The van der Waals surface area contributed by atoms with Crippen molar-refractivity contribution in [2.75, 3.05) is 13.7 Å². The fourth-order valence-corrected chi connectivity index (χ4v) is 5.00. The van der Waals surface area contributed by atoms with Crippen molar-refractivity contribution in [2.24, 2.45) is 4.99 Å². The number of para-hydroxylation sites is 1. The van der Waals surface area contributed by atoms with Crippen LogP contribution in [0.15, 0.2) is 63.5 Å². The SMILES string of the molecule is CCOC(=O)C1=C(C)N=c2s/c(=C\c3c(F)cccc3Cl)c(=O)n2C1c1ccccc1OC. The van der Waals surface area contributed by atoms with E-state index in [-0.39, 0.29) is 27.3 Å². The van der Waals surface area contributed by atoms with Crippen molar-refractivity contribution in [2.45, 2.75) is 19.9 Å². The standard InChI is InChI=1S/C24H20ClFN2O4S/c1-4-32-23(30)20-13(2)27-24-28(21(20)14-8-5-6-11-18(14)31-3)22(29)19(33-24)12-15-16(25)9-7-10-17(15)26/h5-12,21H,4H2,1-3H3/b19-12-. The molecule has 3 aromatic rings. The van der Waals surface area contributed by atoms with Crippen LogP contribution in [0.2, 0.25) is 5.02 Å². The van der Waals surface area contributed by atoms with E-state index in [1.807, 2.05) is 0 Å². The molecule has 0 saturated carbocycles. The molecule has 0 amide bonds. The predicted octanol–water partition coefficient (Wildman–Crippen LogP) is 3.60. The van der Waals surface area contributed by atoms with E-state index in [2.05, 4.69) is 4.99 Å². The number of carbonyl (C=O) groups excluding carboxylic acids is 1. The van der Waals surface area contributed by atoms with Gasteiger partial charge < -0.3 is 9.47 Å². The van der Waals surface area contributed by atoms with E-state index in [1.165, 1.54) is 29.9 Å². The highest BCUT2D eigenvalue weighted by Crippen LogP contribution is 2.35. The Morgan fingerprint density at radius 3 is 2.73 bits per heavy atom. The van der Waals surface area contributed by atoms with Crippen LogP contribution >= 0.6 is 22.9 Å². The number of carbonyl (C=O) groups is 1. The first-order valence-electron chi connectivity index (χ1n) is 10.1. The van der Waals surface area contributed by atoms with Gasteiger partial charge in [-0.3, -0.25) is 9.36 Å². The number of rotatable bonds is 5. The summed E-state index contributed by atoms with van der Waals surface area (Å²) in [7, 11) is 1.52. The van der Waals surface area contributed by atoms with Gasteiger partial charge in [-0.25, -0.2) is 14.2 Å². The first-order chi connectivity index (χ1) is 15.9. The number of hydrogen-bond donors (Lipinski definition) is 0. The van der Waals surface area contributed by atoms with Crippen molar-refractivity contribution in [3.63, 3.8) is 0 Å². The van der Waals surface area contributed by atoms with Crippen LogP contribution < -0.4 is 19.6 Å². The van der Waals surface area contributed by atoms with Crippen LogP contribution in [0.1, 0.15) is 31.0 Å². The Bertz CT molecular complexity index is 1440. The van der Waals surface area contributed by atoms with Crippen LogP contribution in [0, 0.1) is 5.82 Å². The molecule has 9 heteroatoms. The van der Waals surface area contributed by atoms with E-state index in [1.54, 1.807) is 44.2 Å². The topological polar surface area (TPSA) is 69.9 Å². The van der Waals surface area contributed by atoms with Gasteiger partial charge in [-0.05, 0) is 38.1 Å². The van der Waals surface area contributed by atoms with E-state index < -0.39 is 23.4 Å². The van der Waals surface area contributed by atoms with Crippen molar-refractivity contribution >= 4 is 35.0 Å². The summed E-state index contributed by atoms with van der Waals surface area (Å²) in [6, 6.07) is 10.6. The lowest BCUT2D eigenvalue weighted by atomic mass is 9.95. The molecule has 2 heterocycles. The van der Waals surface area contributed by atoms with Crippen LogP contribution in [0.3, 0.4) is 0 Å². The Balaban J connectivity index is 2.03. The second kappa shape index (κ2) is 9.33. The number of aromatic nitrogens is 1. The van der Waals surface area contributed by atoms with Crippen molar-refractivity contribution < 1.29 is 18.7 Å². The average molecular weight is 487 g/mol. The third-order valence-corrected chi connectivity index (χ3v) is 6.54. The minimum absolute atomic E-state index is 0.111. The van der Waals surface area contributed by atoms with Crippen LogP contribution in [-0.4, -0.2) is 24.3 Å². The molecule has 1 unspecified atom stereocenters.